The van der Waals surface area contributed by atoms with Crippen molar-refractivity contribution in [1.29, 1.82) is 0 Å². The lowest BCUT2D eigenvalue weighted by Crippen LogP contribution is -2.36. The minimum Gasteiger partial charge on any atom is -0.478 e. The molecule has 0 aromatic heterocycles. The van der Waals surface area contributed by atoms with Gasteiger partial charge in [0.25, 0.3) is 0 Å². The monoisotopic (exact) mass is 329 g/mol. The Morgan fingerprint density at radius 2 is 1.95 bits per heavy atom. The highest BCUT2D eigenvalue weighted by molar-refractivity contribution is 9.10. The summed E-state index contributed by atoms with van der Waals surface area (Å²) >= 11 is 3.18. The predicted molar refractivity (Wildman–Crippen MR) is 71.8 cm³/mol. The number of nitrogens with one attached hydrogen (secondary N) is 2. The van der Waals surface area contributed by atoms with Crippen LogP contribution in [0.5, 0.6) is 0 Å². The molecule has 7 nitrogen and oxygen atoms in total. The fraction of sp³-hybridized carbons (Fsp3) is 0.182. The number of hydrogen-bond donors (Lipinski definition) is 4. The van der Waals surface area contributed by atoms with Crippen molar-refractivity contribution in [2.45, 2.75) is 0 Å². The molecule has 2 amide bonds. The van der Waals surface area contributed by atoms with E-state index in [1.165, 1.54) is 12.1 Å². The van der Waals surface area contributed by atoms with Gasteiger partial charge < -0.3 is 21.5 Å². The Kier molecular flexibility index (Phi) is 5.46. The molecule has 0 fully saturated rings. The van der Waals surface area contributed by atoms with Gasteiger partial charge in [-0.25, -0.2) is 4.79 Å². The molecule has 102 valence electrons. The van der Waals surface area contributed by atoms with Gasteiger partial charge in [-0.1, -0.05) is 15.9 Å². The summed E-state index contributed by atoms with van der Waals surface area (Å²) in [4.78, 5) is 33.4. The Morgan fingerprint density at radius 3 is 2.53 bits per heavy atom. The second-order valence-corrected chi connectivity index (χ2v) is 4.44. The topological polar surface area (TPSA) is 122 Å². The van der Waals surface area contributed by atoms with Gasteiger partial charge in [0, 0.05) is 4.47 Å². The van der Waals surface area contributed by atoms with Crippen molar-refractivity contribution in [3.8, 4) is 0 Å². The standard InChI is InChI=1S/C11H12BrN3O4/c12-6-1-2-7(11(18)19)8(3-6)15-10(17)5-14-9(16)4-13/h1-3H,4-5,13H2,(H,14,16)(H,15,17)(H,18,19). The van der Waals surface area contributed by atoms with Gasteiger partial charge >= 0.3 is 5.97 Å². The molecule has 0 heterocycles. The van der Waals surface area contributed by atoms with Crippen molar-refractivity contribution in [3.63, 3.8) is 0 Å². The number of carboxylic acid groups (broad SMARTS) is 1. The van der Waals surface area contributed by atoms with Gasteiger partial charge in [-0.15, -0.1) is 0 Å². The maximum Gasteiger partial charge on any atom is 0.337 e. The zero-order chi connectivity index (χ0) is 14.4. The van der Waals surface area contributed by atoms with Crippen molar-refractivity contribution >= 4 is 39.4 Å². The molecule has 0 unspecified atom stereocenters. The molecule has 0 saturated carbocycles. The summed E-state index contributed by atoms with van der Waals surface area (Å²) in [5, 5.41) is 13.7. The highest BCUT2D eigenvalue weighted by atomic mass is 79.9. The number of amides is 2. The third-order valence-electron chi connectivity index (χ3n) is 2.12. The van der Waals surface area contributed by atoms with E-state index in [1.54, 1.807) is 6.07 Å². The number of benzene rings is 1. The van der Waals surface area contributed by atoms with Gasteiger partial charge in [0.15, 0.2) is 0 Å². The average Bonchev–Trinajstić information content (AvgIpc) is 2.35. The number of halogens is 1. The quantitative estimate of drug-likeness (QED) is 0.613. The molecule has 0 aliphatic heterocycles. The Balaban J connectivity index is 2.75. The van der Waals surface area contributed by atoms with E-state index in [0.717, 1.165) is 0 Å². The van der Waals surface area contributed by atoms with Crippen molar-refractivity contribution in [1.82, 2.24) is 5.32 Å². The number of carbonyl (C=O) groups is 3. The van der Waals surface area contributed by atoms with Crippen molar-refractivity contribution in [2.75, 3.05) is 18.4 Å². The van der Waals surface area contributed by atoms with E-state index in [4.69, 9.17) is 10.8 Å². The van der Waals surface area contributed by atoms with Gasteiger partial charge in [-0.3, -0.25) is 9.59 Å². The van der Waals surface area contributed by atoms with Crippen LogP contribution in [-0.2, 0) is 9.59 Å². The van der Waals surface area contributed by atoms with Crippen LogP contribution in [0, 0.1) is 0 Å². The molecule has 5 N–H and O–H groups in total. The first kappa shape index (κ1) is 15.1. The number of anilines is 1. The lowest BCUT2D eigenvalue weighted by Gasteiger charge is -2.09. The van der Waals surface area contributed by atoms with Crippen LogP contribution in [0.15, 0.2) is 22.7 Å². The van der Waals surface area contributed by atoms with E-state index in [2.05, 4.69) is 26.6 Å². The molecule has 0 spiro atoms. The first-order chi connectivity index (χ1) is 8.93. The van der Waals surface area contributed by atoms with Gasteiger partial charge in [0.2, 0.25) is 11.8 Å². The molecule has 0 aliphatic carbocycles. The molecule has 0 atom stereocenters. The fourth-order valence-electron chi connectivity index (χ4n) is 1.25. The number of carbonyl (C=O) groups excluding carboxylic acids is 2. The normalized spacial score (nSPS) is 9.79. The number of carboxylic acids is 1. The van der Waals surface area contributed by atoms with E-state index in [9.17, 15) is 14.4 Å². The smallest absolute Gasteiger partial charge is 0.337 e. The largest absolute Gasteiger partial charge is 0.478 e. The number of rotatable bonds is 5. The molecule has 19 heavy (non-hydrogen) atoms. The van der Waals surface area contributed by atoms with E-state index >= 15 is 0 Å². The second kappa shape index (κ2) is 6.86. The zero-order valence-corrected chi connectivity index (χ0v) is 11.4. The zero-order valence-electron chi connectivity index (χ0n) is 9.77. The van der Waals surface area contributed by atoms with Crippen LogP contribution < -0.4 is 16.4 Å². The molecule has 8 heteroatoms. The van der Waals surface area contributed by atoms with Gasteiger partial charge in [-0.05, 0) is 18.2 Å². The molecule has 1 rings (SSSR count). The third kappa shape index (κ3) is 4.68. The molecular formula is C11H12BrN3O4. The SMILES string of the molecule is NCC(=O)NCC(=O)Nc1cc(Br)ccc1C(=O)O. The minimum absolute atomic E-state index is 0.0401. The van der Waals surface area contributed by atoms with Crippen LogP contribution in [-0.4, -0.2) is 36.0 Å². The first-order valence-electron chi connectivity index (χ1n) is 5.23. The van der Waals surface area contributed by atoms with Crippen LogP contribution in [0.3, 0.4) is 0 Å². The molecule has 0 aliphatic rings. The fourth-order valence-corrected chi connectivity index (χ4v) is 1.61. The van der Waals surface area contributed by atoms with Crippen LogP contribution >= 0.6 is 15.9 Å². The van der Waals surface area contributed by atoms with Gasteiger partial charge in [0.1, 0.15) is 0 Å². The molecule has 0 bridgehead atoms. The van der Waals surface area contributed by atoms with Gasteiger partial charge in [0.05, 0.1) is 24.3 Å². The lowest BCUT2D eigenvalue weighted by atomic mass is 10.2. The van der Waals surface area contributed by atoms with Crippen LogP contribution in [0.2, 0.25) is 0 Å². The molecule has 0 radical (unpaired) electrons. The Labute approximate surface area is 117 Å². The molecule has 1 aromatic carbocycles. The summed E-state index contributed by atoms with van der Waals surface area (Å²) in [5.74, 6) is -2.17. The van der Waals surface area contributed by atoms with E-state index in [-0.39, 0.29) is 24.3 Å². The Morgan fingerprint density at radius 1 is 1.26 bits per heavy atom. The predicted octanol–water partition coefficient (Wildman–Crippen LogP) is 0.161. The summed E-state index contributed by atoms with van der Waals surface area (Å²) in [6.45, 7) is -0.494. The third-order valence-corrected chi connectivity index (χ3v) is 2.61. The van der Waals surface area contributed by atoms with E-state index in [0.29, 0.717) is 4.47 Å². The first-order valence-corrected chi connectivity index (χ1v) is 6.02. The molecule has 0 saturated heterocycles. The van der Waals surface area contributed by atoms with Crippen molar-refractivity contribution in [3.05, 3.63) is 28.2 Å². The summed E-state index contributed by atoms with van der Waals surface area (Å²) in [7, 11) is 0. The summed E-state index contributed by atoms with van der Waals surface area (Å²) in [6.07, 6.45) is 0. The van der Waals surface area contributed by atoms with Crippen LogP contribution in [0.25, 0.3) is 0 Å². The maximum atomic E-state index is 11.5. The van der Waals surface area contributed by atoms with Crippen LogP contribution in [0.1, 0.15) is 10.4 Å². The number of nitrogens with two attached hydrogens (primary N) is 1. The Bertz CT molecular complexity index is 519. The average molecular weight is 330 g/mol. The van der Waals surface area contributed by atoms with E-state index in [1.807, 2.05) is 0 Å². The number of hydrogen-bond acceptors (Lipinski definition) is 4. The Hall–Kier alpha value is -1.93. The molecular weight excluding hydrogens is 318 g/mol. The van der Waals surface area contributed by atoms with Crippen molar-refractivity contribution < 1.29 is 19.5 Å². The van der Waals surface area contributed by atoms with Gasteiger partial charge in [-0.2, -0.15) is 0 Å². The number of aromatic carboxylic acids is 1. The van der Waals surface area contributed by atoms with Crippen molar-refractivity contribution in [2.24, 2.45) is 5.73 Å². The second-order valence-electron chi connectivity index (χ2n) is 3.52. The molecule has 1 aromatic rings. The minimum atomic E-state index is -1.16. The highest BCUT2D eigenvalue weighted by Crippen LogP contribution is 2.21. The summed E-state index contributed by atoms with van der Waals surface area (Å²) < 4.78 is 0.624. The van der Waals surface area contributed by atoms with Crippen LogP contribution in [0.4, 0.5) is 5.69 Å². The highest BCUT2D eigenvalue weighted by Gasteiger charge is 2.13. The summed E-state index contributed by atoms with van der Waals surface area (Å²) in [6, 6.07) is 4.38. The van der Waals surface area contributed by atoms with E-state index < -0.39 is 17.8 Å². The summed E-state index contributed by atoms with van der Waals surface area (Å²) in [5.41, 5.74) is 5.17. The lowest BCUT2D eigenvalue weighted by molar-refractivity contribution is -0.123. The maximum absolute atomic E-state index is 11.5.